The van der Waals surface area contributed by atoms with E-state index in [1.165, 1.54) is 0 Å². The van der Waals surface area contributed by atoms with Crippen molar-refractivity contribution in [2.45, 2.75) is 51.6 Å². The SMILES string of the molecule is CCC[C@H](N)C(=O)N1CC(C(N)=O)CCC1C. The molecular weight excluding hydrogens is 218 g/mol. The molecule has 0 aromatic carbocycles. The van der Waals surface area contributed by atoms with Gasteiger partial charge in [-0.2, -0.15) is 0 Å². The number of carbonyl (C=O) groups is 2. The molecule has 1 aliphatic rings. The van der Waals surface area contributed by atoms with Crippen molar-refractivity contribution in [1.29, 1.82) is 0 Å². The number of nitrogens with two attached hydrogens (primary N) is 2. The Labute approximate surface area is 103 Å². The van der Waals surface area contributed by atoms with Gasteiger partial charge in [-0.1, -0.05) is 13.3 Å². The number of nitrogens with zero attached hydrogens (tertiary/aromatic N) is 1. The van der Waals surface area contributed by atoms with Gasteiger partial charge in [-0.15, -0.1) is 0 Å². The molecule has 5 heteroatoms. The van der Waals surface area contributed by atoms with E-state index in [-0.39, 0.29) is 23.8 Å². The minimum Gasteiger partial charge on any atom is -0.369 e. The Morgan fingerprint density at radius 1 is 1.41 bits per heavy atom. The predicted molar refractivity (Wildman–Crippen MR) is 66.0 cm³/mol. The van der Waals surface area contributed by atoms with E-state index in [1.807, 2.05) is 13.8 Å². The van der Waals surface area contributed by atoms with Crippen LogP contribution in [0, 0.1) is 5.92 Å². The van der Waals surface area contributed by atoms with Crippen molar-refractivity contribution in [2.24, 2.45) is 17.4 Å². The van der Waals surface area contributed by atoms with Gasteiger partial charge in [-0.3, -0.25) is 9.59 Å². The lowest BCUT2D eigenvalue weighted by atomic mass is 9.92. The van der Waals surface area contributed by atoms with Crippen molar-refractivity contribution in [2.75, 3.05) is 6.54 Å². The lowest BCUT2D eigenvalue weighted by molar-refractivity contribution is -0.139. The number of carbonyl (C=O) groups excluding carboxylic acids is 2. The van der Waals surface area contributed by atoms with E-state index < -0.39 is 6.04 Å². The highest BCUT2D eigenvalue weighted by Gasteiger charge is 2.33. The minimum absolute atomic E-state index is 0.0506. The zero-order chi connectivity index (χ0) is 13.0. The maximum Gasteiger partial charge on any atom is 0.239 e. The zero-order valence-corrected chi connectivity index (χ0v) is 10.7. The molecule has 0 radical (unpaired) electrons. The molecule has 1 fully saturated rings. The van der Waals surface area contributed by atoms with Gasteiger partial charge >= 0.3 is 0 Å². The van der Waals surface area contributed by atoms with E-state index >= 15 is 0 Å². The molecule has 98 valence electrons. The molecule has 1 rings (SSSR count). The van der Waals surface area contributed by atoms with Crippen molar-refractivity contribution in [3.63, 3.8) is 0 Å². The van der Waals surface area contributed by atoms with E-state index in [2.05, 4.69) is 0 Å². The number of amides is 2. The summed E-state index contributed by atoms with van der Waals surface area (Å²) in [5.41, 5.74) is 11.1. The van der Waals surface area contributed by atoms with Crippen LogP contribution in [0.15, 0.2) is 0 Å². The molecule has 0 aliphatic carbocycles. The second kappa shape index (κ2) is 6.00. The third kappa shape index (κ3) is 3.43. The summed E-state index contributed by atoms with van der Waals surface area (Å²) in [7, 11) is 0. The van der Waals surface area contributed by atoms with Crippen LogP contribution < -0.4 is 11.5 Å². The molecule has 0 spiro atoms. The van der Waals surface area contributed by atoms with E-state index in [9.17, 15) is 9.59 Å². The predicted octanol–water partition coefficient (Wildman–Crippen LogP) is 0.226. The topological polar surface area (TPSA) is 89.4 Å². The molecule has 5 nitrogen and oxygen atoms in total. The highest BCUT2D eigenvalue weighted by Crippen LogP contribution is 2.22. The molecule has 0 bridgehead atoms. The average Bonchev–Trinajstić information content (AvgIpc) is 2.28. The lowest BCUT2D eigenvalue weighted by Crippen LogP contribution is -2.53. The Hall–Kier alpha value is -1.10. The molecule has 2 amide bonds. The number of primary amides is 1. The summed E-state index contributed by atoms with van der Waals surface area (Å²) in [5, 5.41) is 0. The minimum atomic E-state index is -0.450. The van der Waals surface area contributed by atoms with Gasteiger partial charge in [0.2, 0.25) is 11.8 Å². The second-order valence-corrected chi connectivity index (χ2v) is 4.91. The molecule has 3 atom stereocenters. The van der Waals surface area contributed by atoms with Gasteiger partial charge in [-0.25, -0.2) is 0 Å². The van der Waals surface area contributed by atoms with Crippen molar-refractivity contribution >= 4 is 11.8 Å². The van der Waals surface area contributed by atoms with Gasteiger partial charge in [0, 0.05) is 12.6 Å². The first-order chi connectivity index (χ1) is 7.97. The Balaban J connectivity index is 2.66. The van der Waals surface area contributed by atoms with Crippen molar-refractivity contribution in [1.82, 2.24) is 4.90 Å². The van der Waals surface area contributed by atoms with Crippen LogP contribution in [0.1, 0.15) is 39.5 Å². The summed E-state index contributed by atoms with van der Waals surface area (Å²) < 4.78 is 0. The molecule has 2 unspecified atom stereocenters. The lowest BCUT2D eigenvalue weighted by Gasteiger charge is -2.38. The number of rotatable bonds is 4. The normalized spacial score (nSPS) is 26.6. The fourth-order valence-corrected chi connectivity index (χ4v) is 2.29. The summed E-state index contributed by atoms with van der Waals surface area (Å²) in [5.74, 6) is -0.590. The number of hydrogen-bond donors (Lipinski definition) is 2. The van der Waals surface area contributed by atoms with Crippen LogP contribution in [-0.2, 0) is 9.59 Å². The van der Waals surface area contributed by atoms with Crippen molar-refractivity contribution < 1.29 is 9.59 Å². The number of hydrogen-bond acceptors (Lipinski definition) is 3. The second-order valence-electron chi connectivity index (χ2n) is 4.91. The van der Waals surface area contributed by atoms with Crippen LogP contribution >= 0.6 is 0 Å². The first kappa shape index (κ1) is 14.0. The largest absolute Gasteiger partial charge is 0.369 e. The molecule has 1 heterocycles. The average molecular weight is 241 g/mol. The molecule has 1 saturated heterocycles. The summed E-state index contributed by atoms with van der Waals surface area (Å²) in [4.78, 5) is 25.0. The quantitative estimate of drug-likeness (QED) is 0.738. The molecule has 17 heavy (non-hydrogen) atoms. The molecule has 0 aromatic heterocycles. The van der Waals surface area contributed by atoms with Crippen LogP contribution in [-0.4, -0.2) is 35.3 Å². The summed E-state index contributed by atoms with van der Waals surface area (Å²) in [6.07, 6.45) is 3.15. The van der Waals surface area contributed by atoms with Crippen LogP contribution in [0.5, 0.6) is 0 Å². The fraction of sp³-hybridized carbons (Fsp3) is 0.833. The van der Waals surface area contributed by atoms with Gasteiger partial charge in [0.15, 0.2) is 0 Å². The molecule has 0 aromatic rings. The van der Waals surface area contributed by atoms with Crippen LogP contribution in [0.25, 0.3) is 0 Å². The van der Waals surface area contributed by atoms with Gasteiger partial charge in [0.05, 0.1) is 12.0 Å². The standard InChI is InChI=1S/C12H23N3O2/c1-3-4-10(13)12(17)15-7-9(11(14)16)6-5-8(15)2/h8-10H,3-7,13H2,1-2H3,(H2,14,16)/t8?,9?,10-/m0/s1. The molecular formula is C12H23N3O2. The van der Waals surface area contributed by atoms with Gasteiger partial charge < -0.3 is 16.4 Å². The number of likely N-dealkylation sites (tertiary alicyclic amines) is 1. The summed E-state index contributed by atoms with van der Waals surface area (Å²) in [6.45, 7) is 4.42. The van der Waals surface area contributed by atoms with E-state index in [4.69, 9.17) is 11.5 Å². The highest BCUT2D eigenvalue weighted by molar-refractivity contribution is 5.83. The maximum absolute atomic E-state index is 12.1. The summed E-state index contributed by atoms with van der Waals surface area (Å²) >= 11 is 0. The van der Waals surface area contributed by atoms with Gasteiger partial charge in [0.1, 0.15) is 0 Å². The third-order valence-electron chi connectivity index (χ3n) is 3.48. The monoisotopic (exact) mass is 241 g/mol. The van der Waals surface area contributed by atoms with Gasteiger partial charge in [0.25, 0.3) is 0 Å². The van der Waals surface area contributed by atoms with Crippen LogP contribution in [0.2, 0.25) is 0 Å². The molecule has 4 N–H and O–H groups in total. The highest BCUT2D eigenvalue weighted by atomic mass is 16.2. The van der Waals surface area contributed by atoms with Crippen LogP contribution in [0.3, 0.4) is 0 Å². The first-order valence-corrected chi connectivity index (χ1v) is 6.32. The third-order valence-corrected chi connectivity index (χ3v) is 3.48. The maximum atomic E-state index is 12.1. The first-order valence-electron chi connectivity index (χ1n) is 6.32. The Bertz CT molecular complexity index is 293. The van der Waals surface area contributed by atoms with Gasteiger partial charge in [-0.05, 0) is 26.2 Å². The Morgan fingerprint density at radius 2 is 2.06 bits per heavy atom. The van der Waals surface area contributed by atoms with E-state index in [0.717, 1.165) is 19.3 Å². The van der Waals surface area contributed by atoms with E-state index in [1.54, 1.807) is 4.90 Å². The van der Waals surface area contributed by atoms with Crippen molar-refractivity contribution in [3.05, 3.63) is 0 Å². The van der Waals surface area contributed by atoms with E-state index in [0.29, 0.717) is 13.0 Å². The molecule has 1 aliphatic heterocycles. The smallest absolute Gasteiger partial charge is 0.239 e. The van der Waals surface area contributed by atoms with Crippen molar-refractivity contribution in [3.8, 4) is 0 Å². The Kier molecular flexibility index (Phi) is 4.93. The summed E-state index contributed by atoms with van der Waals surface area (Å²) in [6, 6.07) is -0.296. The fourth-order valence-electron chi connectivity index (χ4n) is 2.29. The number of piperidine rings is 1. The Morgan fingerprint density at radius 3 is 2.59 bits per heavy atom. The molecule has 0 saturated carbocycles. The zero-order valence-electron chi connectivity index (χ0n) is 10.7. The van der Waals surface area contributed by atoms with Crippen LogP contribution in [0.4, 0.5) is 0 Å².